The molecule has 1 aliphatic carbocycles. The van der Waals surface area contributed by atoms with Gasteiger partial charge >= 0.3 is 0 Å². The minimum atomic E-state index is 0.199. The summed E-state index contributed by atoms with van der Waals surface area (Å²) in [6, 6.07) is 5.61. The molecule has 104 valence electrons. The van der Waals surface area contributed by atoms with Crippen LogP contribution >= 0.6 is 0 Å². The lowest BCUT2D eigenvalue weighted by Gasteiger charge is -2.18. The second-order valence-corrected chi connectivity index (χ2v) is 4.81. The van der Waals surface area contributed by atoms with Crippen LogP contribution in [-0.2, 0) is 19.4 Å². The Bertz CT molecular complexity index is 634. The molecule has 0 bridgehead atoms. The van der Waals surface area contributed by atoms with Crippen LogP contribution in [0.1, 0.15) is 47.4 Å². The Kier molecular flexibility index (Phi) is 3.50. The maximum absolute atomic E-state index is 11.9. The average Bonchev–Trinajstić information content (AvgIpc) is 2.94. The number of carbonyl (C=O) groups is 1. The third-order valence-corrected chi connectivity index (χ3v) is 3.43. The lowest BCUT2D eigenvalue weighted by Crippen LogP contribution is -2.12. The summed E-state index contributed by atoms with van der Waals surface area (Å²) in [5.41, 5.74) is 1.79. The Labute approximate surface area is 116 Å². The predicted molar refractivity (Wildman–Crippen MR) is 71.7 cm³/mol. The fraction of sp³-hybridized carbons (Fsp3) is 0.400. The van der Waals surface area contributed by atoms with E-state index >= 15 is 0 Å². The van der Waals surface area contributed by atoms with Crippen molar-refractivity contribution in [2.24, 2.45) is 0 Å². The molecule has 0 atom stereocenters. The van der Waals surface area contributed by atoms with Gasteiger partial charge in [0, 0.05) is 24.0 Å². The van der Waals surface area contributed by atoms with Crippen LogP contribution in [-0.4, -0.2) is 15.9 Å². The highest BCUT2D eigenvalue weighted by atomic mass is 16.5. The summed E-state index contributed by atoms with van der Waals surface area (Å²) in [4.78, 5) is 16.1. The zero-order valence-electron chi connectivity index (χ0n) is 11.4. The normalized spacial score (nSPS) is 14.2. The van der Waals surface area contributed by atoms with E-state index in [1.165, 1.54) is 0 Å². The van der Waals surface area contributed by atoms with E-state index in [1.807, 2.05) is 25.1 Å². The highest BCUT2D eigenvalue weighted by Crippen LogP contribution is 2.29. The van der Waals surface area contributed by atoms with Gasteiger partial charge in [-0.05, 0) is 18.9 Å². The van der Waals surface area contributed by atoms with E-state index in [0.29, 0.717) is 24.6 Å². The Morgan fingerprint density at radius 2 is 2.25 bits per heavy atom. The van der Waals surface area contributed by atoms with E-state index in [-0.39, 0.29) is 12.4 Å². The molecule has 0 spiro atoms. The van der Waals surface area contributed by atoms with Gasteiger partial charge in [0.15, 0.2) is 12.4 Å². The molecule has 3 rings (SSSR count). The van der Waals surface area contributed by atoms with E-state index in [1.54, 1.807) is 0 Å². The molecule has 2 aromatic rings. The van der Waals surface area contributed by atoms with Crippen LogP contribution in [0.4, 0.5) is 0 Å². The van der Waals surface area contributed by atoms with Crippen molar-refractivity contribution in [1.29, 1.82) is 0 Å². The van der Waals surface area contributed by atoms with Gasteiger partial charge in [0.05, 0.1) is 0 Å². The minimum Gasteiger partial charge on any atom is -0.485 e. The Morgan fingerprint density at radius 1 is 1.35 bits per heavy atom. The molecule has 20 heavy (non-hydrogen) atoms. The van der Waals surface area contributed by atoms with Crippen LogP contribution in [0, 0.1) is 0 Å². The summed E-state index contributed by atoms with van der Waals surface area (Å²) < 4.78 is 10.8. The molecule has 0 aliphatic heterocycles. The first-order chi connectivity index (χ1) is 9.78. The van der Waals surface area contributed by atoms with Crippen molar-refractivity contribution in [3.05, 3.63) is 41.0 Å². The summed E-state index contributed by atoms with van der Waals surface area (Å²) in [5.74, 6) is 2.08. The van der Waals surface area contributed by atoms with Crippen LogP contribution in [0.15, 0.2) is 22.7 Å². The minimum absolute atomic E-state index is 0.199. The Hall–Kier alpha value is -2.17. The third-order valence-electron chi connectivity index (χ3n) is 3.43. The molecule has 0 saturated carbocycles. The van der Waals surface area contributed by atoms with Gasteiger partial charge in [-0.25, -0.2) is 0 Å². The van der Waals surface area contributed by atoms with Crippen molar-refractivity contribution in [3.8, 4) is 5.75 Å². The van der Waals surface area contributed by atoms with Gasteiger partial charge in [-0.1, -0.05) is 24.2 Å². The Morgan fingerprint density at radius 3 is 3.05 bits per heavy atom. The van der Waals surface area contributed by atoms with E-state index < -0.39 is 0 Å². The van der Waals surface area contributed by atoms with E-state index in [2.05, 4.69) is 10.1 Å². The molecule has 0 unspecified atom stereocenters. The number of fused-ring (bicyclic) bond motifs is 1. The van der Waals surface area contributed by atoms with Gasteiger partial charge in [0.25, 0.3) is 0 Å². The predicted octanol–water partition coefficient (Wildman–Crippen LogP) is 2.73. The van der Waals surface area contributed by atoms with Crippen LogP contribution in [0.3, 0.4) is 0 Å². The number of ketones is 1. The number of nitrogens with zero attached hydrogens (tertiary/aromatic N) is 2. The maximum Gasteiger partial charge on any atom is 0.226 e. The van der Waals surface area contributed by atoms with E-state index in [0.717, 1.165) is 29.7 Å². The summed E-state index contributed by atoms with van der Waals surface area (Å²) in [5, 5.41) is 3.85. The first kappa shape index (κ1) is 12.8. The number of hydrogen-bond acceptors (Lipinski definition) is 5. The van der Waals surface area contributed by atoms with Crippen molar-refractivity contribution in [3.63, 3.8) is 0 Å². The summed E-state index contributed by atoms with van der Waals surface area (Å²) >= 11 is 0. The standard InChI is InChI=1S/C15H16N2O3/c1-2-15-16-14(17-20-15)9-19-13-8-4-5-10-11(13)6-3-7-12(10)18/h4-5,8H,2-3,6-7,9H2,1H3. The number of hydrogen-bond donors (Lipinski definition) is 0. The first-order valence-electron chi connectivity index (χ1n) is 6.87. The topological polar surface area (TPSA) is 65.2 Å². The quantitative estimate of drug-likeness (QED) is 0.856. The molecule has 1 aromatic heterocycles. The highest BCUT2D eigenvalue weighted by Gasteiger charge is 2.20. The first-order valence-corrected chi connectivity index (χ1v) is 6.87. The van der Waals surface area contributed by atoms with Crippen LogP contribution in [0.25, 0.3) is 0 Å². The van der Waals surface area contributed by atoms with Crippen LogP contribution < -0.4 is 4.74 Å². The van der Waals surface area contributed by atoms with Gasteiger partial charge in [-0.2, -0.15) is 4.98 Å². The number of ether oxygens (including phenoxy) is 1. The molecule has 0 fully saturated rings. The monoisotopic (exact) mass is 272 g/mol. The molecule has 1 aromatic carbocycles. The van der Waals surface area contributed by atoms with Crippen LogP contribution in [0.2, 0.25) is 0 Å². The summed E-state index contributed by atoms with van der Waals surface area (Å²) in [7, 11) is 0. The molecule has 5 heteroatoms. The van der Waals surface area contributed by atoms with Crippen molar-refractivity contribution in [2.75, 3.05) is 0 Å². The number of benzene rings is 1. The number of aryl methyl sites for hydroxylation is 1. The maximum atomic E-state index is 11.9. The second-order valence-electron chi connectivity index (χ2n) is 4.81. The largest absolute Gasteiger partial charge is 0.485 e. The fourth-order valence-corrected chi connectivity index (χ4v) is 2.42. The van der Waals surface area contributed by atoms with Crippen molar-refractivity contribution >= 4 is 5.78 Å². The number of carbonyl (C=O) groups excluding carboxylic acids is 1. The zero-order valence-corrected chi connectivity index (χ0v) is 11.4. The van der Waals surface area contributed by atoms with Crippen LogP contribution in [0.5, 0.6) is 5.75 Å². The van der Waals surface area contributed by atoms with Crippen molar-refractivity contribution in [2.45, 2.75) is 39.2 Å². The molecule has 0 radical (unpaired) electrons. The fourth-order valence-electron chi connectivity index (χ4n) is 2.42. The molecule has 0 N–H and O–H groups in total. The molecule has 0 amide bonds. The third kappa shape index (κ3) is 2.43. The Balaban J connectivity index is 1.77. The van der Waals surface area contributed by atoms with E-state index in [4.69, 9.17) is 9.26 Å². The highest BCUT2D eigenvalue weighted by molar-refractivity contribution is 5.99. The van der Waals surface area contributed by atoms with Gasteiger partial charge in [-0.3, -0.25) is 4.79 Å². The SMILES string of the molecule is CCc1nc(COc2cccc3c2CCCC3=O)no1. The molecule has 5 nitrogen and oxygen atoms in total. The zero-order chi connectivity index (χ0) is 13.9. The summed E-state index contributed by atoms with van der Waals surface area (Å²) in [6.45, 7) is 2.21. The van der Waals surface area contributed by atoms with Crippen molar-refractivity contribution in [1.82, 2.24) is 10.1 Å². The lowest BCUT2D eigenvalue weighted by atomic mass is 9.90. The van der Waals surface area contributed by atoms with Gasteiger partial charge in [0.1, 0.15) is 5.75 Å². The number of rotatable bonds is 4. The van der Waals surface area contributed by atoms with Gasteiger partial charge in [0.2, 0.25) is 11.7 Å². The second kappa shape index (κ2) is 5.45. The molecular weight excluding hydrogens is 256 g/mol. The molecule has 1 heterocycles. The molecule has 0 saturated heterocycles. The smallest absolute Gasteiger partial charge is 0.226 e. The van der Waals surface area contributed by atoms with Gasteiger partial charge < -0.3 is 9.26 Å². The summed E-state index contributed by atoms with van der Waals surface area (Å²) in [6.07, 6.45) is 3.10. The lowest BCUT2D eigenvalue weighted by molar-refractivity contribution is 0.0971. The molecule has 1 aliphatic rings. The average molecular weight is 272 g/mol. The number of Topliss-reactive ketones (excluding diaryl/α,β-unsaturated/α-hetero) is 1. The number of aromatic nitrogens is 2. The van der Waals surface area contributed by atoms with Gasteiger partial charge in [-0.15, -0.1) is 0 Å². The van der Waals surface area contributed by atoms with E-state index in [9.17, 15) is 4.79 Å². The van der Waals surface area contributed by atoms with Crippen molar-refractivity contribution < 1.29 is 14.1 Å². The molecular formula is C15H16N2O3.